The van der Waals surface area contributed by atoms with Crippen molar-refractivity contribution in [1.82, 2.24) is 0 Å². The first kappa shape index (κ1) is 11.2. The minimum atomic E-state index is -1.45. The topological polar surface area (TPSA) is 46.5 Å². The number of Topliss-reactive ketones (excluding diaryl/α,β-unsaturated/α-hetero) is 1. The molecular weight excluding hydrogens is 211 g/mol. The number of carbonyl (C=O) groups excluding carboxylic acids is 1. The molecule has 1 aromatic carbocycles. The number of hydrogen-bond donors (Lipinski definition) is 1. The first-order valence-corrected chi connectivity index (χ1v) is 5.22. The van der Waals surface area contributed by atoms with Crippen molar-refractivity contribution in [3.63, 3.8) is 0 Å². The Hall–Kier alpha value is -1.26. The zero-order chi connectivity index (χ0) is 11.6. The van der Waals surface area contributed by atoms with Gasteiger partial charge in [0.05, 0.1) is 6.61 Å². The first-order chi connectivity index (χ1) is 7.62. The predicted molar refractivity (Wildman–Crippen MR) is 55.7 cm³/mol. The quantitative estimate of drug-likeness (QED) is 0.775. The van der Waals surface area contributed by atoms with Crippen LogP contribution in [0.3, 0.4) is 0 Å². The molecule has 0 amide bonds. The van der Waals surface area contributed by atoms with Gasteiger partial charge in [-0.05, 0) is 37.1 Å². The van der Waals surface area contributed by atoms with Crippen LogP contribution in [0, 0.1) is 5.82 Å². The highest BCUT2D eigenvalue weighted by molar-refractivity contribution is 6.02. The molecular formula is C12H13FO3. The summed E-state index contributed by atoms with van der Waals surface area (Å²) in [5.41, 5.74) is -1.13. The van der Waals surface area contributed by atoms with Gasteiger partial charge in [0.15, 0.2) is 11.4 Å². The molecule has 0 bridgehead atoms. The smallest absolute Gasteiger partial charge is 0.196 e. The van der Waals surface area contributed by atoms with Gasteiger partial charge in [0.1, 0.15) is 5.82 Å². The molecule has 1 unspecified atom stereocenters. The van der Waals surface area contributed by atoms with E-state index in [1.165, 1.54) is 24.3 Å². The zero-order valence-electron chi connectivity index (χ0n) is 8.78. The van der Waals surface area contributed by atoms with Crippen LogP contribution in [-0.4, -0.2) is 29.7 Å². The van der Waals surface area contributed by atoms with Gasteiger partial charge < -0.3 is 9.84 Å². The molecule has 0 saturated carbocycles. The summed E-state index contributed by atoms with van der Waals surface area (Å²) >= 11 is 0. The number of hydrogen-bond acceptors (Lipinski definition) is 3. The lowest BCUT2D eigenvalue weighted by Crippen LogP contribution is -2.46. The lowest BCUT2D eigenvalue weighted by molar-refractivity contribution is -0.0622. The second-order valence-corrected chi connectivity index (χ2v) is 4.02. The van der Waals surface area contributed by atoms with Gasteiger partial charge in [-0.15, -0.1) is 0 Å². The van der Waals surface area contributed by atoms with E-state index in [-0.39, 0.29) is 6.61 Å². The van der Waals surface area contributed by atoms with Crippen LogP contribution in [0.5, 0.6) is 0 Å². The summed E-state index contributed by atoms with van der Waals surface area (Å²) in [6.45, 7) is 0.586. The second kappa shape index (κ2) is 4.31. The molecule has 1 heterocycles. The van der Waals surface area contributed by atoms with Crippen molar-refractivity contribution in [3.05, 3.63) is 35.6 Å². The Balaban J connectivity index is 2.20. The minimum absolute atomic E-state index is 0.0171. The van der Waals surface area contributed by atoms with Crippen LogP contribution < -0.4 is 0 Å². The largest absolute Gasteiger partial charge is 0.379 e. The van der Waals surface area contributed by atoms with Crippen molar-refractivity contribution in [1.29, 1.82) is 0 Å². The number of ketones is 1. The molecule has 0 spiro atoms. The average molecular weight is 224 g/mol. The predicted octanol–water partition coefficient (Wildman–Crippen LogP) is 1.55. The van der Waals surface area contributed by atoms with Gasteiger partial charge in [0, 0.05) is 12.2 Å². The van der Waals surface area contributed by atoms with Gasteiger partial charge in [0.2, 0.25) is 0 Å². The molecule has 86 valence electrons. The Morgan fingerprint density at radius 1 is 1.38 bits per heavy atom. The standard InChI is InChI=1S/C12H13FO3/c13-10-4-2-9(3-5-10)11(14)12(15)6-1-7-16-8-12/h2-5,15H,1,6-8H2. The van der Waals surface area contributed by atoms with Crippen LogP contribution in [0.2, 0.25) is 0 Å². The summed E-state index contributed by atoms with van der Waals surface area (Å²) in [7, 11) is 0. The van der Waals surface area contributed by atoms with E-state index in [0.29, 0.717) is 25.0 Å². The van der Waals surface area contributed by atoms with E-state index in [9.17, 15) is 14.3 Å². The van der Waals surface area contributed by atoms with Crippen molar-refractivity contribution in [2.75, 3.05) is 13.2 Å². The fourth-order valence-electron chi connectivity index (χ4n) is 1.83. The summed E-state index contributed by atoms with van der Waals surface area (Å²) in [6, 6.07) is 5.18. The highest BCUT2D eigenvalue weighted by Gasteiger charge is 2.38. The third kappa shape index (κ3) is 2.13. The normalized spacial score (nSPS) is 25.4. The molecule has 16 heavy (non-hydrogen) atoms. The number of benzene rings is 1. The molecule has 3 nitrogen and oxygen atoms in total. The van der Waals surface area contributed by atoms with Crippen molar-refractivity contribution in [2.24, 2.45) is 0 Å². The summed E-state index contributed by atoms with van der Waals surface area (Å²) in [4.78, 5) is 12.0. The van der Waals surface area contributed by atoms with Crippen molar-refractivity contribution >= 4 is 5.78 Å². The van der Waals surface area contributed by atoms with E-state index in [2.05, 4.69) is 0 Å². The molecule has 4 heteroatoms. The fraction of sp³-hybridized carbons (Fsp3) is 0.417. The molecule has 1 N–H and O–H groups in total. The summed E-state index contributed by atoms with van der Waals surface area (Å²) in [6.07, 6.45) is 1.05. The maximum Gasteiger partial charge on any atom is 0.196 e. The van der Waals surface area contributed by atoms with Crippen molar-refractivity contribution in [2.45, 2.75) is 18.4 Å². The van der Waals surface area contributed by atoms with E-state index >= 15 is 0 Å². The van der Waals surface area contributed by atoms with Crippen molar-refractivity contribution < 1.29 is 19.0 Å². The lowest BCUT2D eigenvalue weighted by Gasteiger charge is -2.30. The lowest BCUT2D eigenvalue weighted by atomic mass is 9.88. The zero-order valence-corrected chi connectivity index (χ0v) is 8.78. The SMILES string of the molecule is O=C(c1ccc(F)cc1)C1(O)CCCOC1. The molecule has 1 aliphatic heterocycles. The summed E-state index contributed by atoms with van der Waals surface area (Å²) in [5, 5.41) is 10.1. The van der Waals surface area contributed by atoms with Gasteiger partial charge in [-0.25, -0.2) is 4.39 Å². The number of aliphatic hydroxyl groups is 1. The minimum Gasteiger partial charge on any atom is -0.379 e. The molecule has 1 aromatic rings. The highest BCUT2D eigenvalue weighted by Crippen LogP contribution is 2.23. The van der Waals surface area contributed by atoms with E-state index in [1.54, 1.807) is 0 Å². The third-order valence-corrected chi connectivity index (χ3v) is 2.75. The molecule has 1 fully saturated rings. The average Bonchev–Trinajstić information content (AvgIpc) is 2.30. The van der Waals surface area contributed by atoms with Crippen LogP contribution in [0.15, 0.2) is 24.3 Å². The van der Waals surface area contributed by atoms with Gasteiger partial charge >= 0.3 is 0 Å². The molecule has 0 aromatic heterocycles. The third-order valence-electron chi connectivity index (χ3n) is 2.75. The Morgan fingerprint density at radius 3 is 2.62 bits per heavy atom. The van der Waals surface area contributed by atoms with Crippen LogP contribution in [0.1, 0.15) is 23.2 Å². The van der Waals surface area contributed by atoms with Gasteiger partial charge in [-0.3, -0.25) is 4.79 Å². The van der Waals surface area contributed by atoms with E-state index in [0.717, 1.165) is 0 Å². The number of carbonyl (C=O) groups is 1. The molecule has 0 radical (unpaired) electrons. The summed E-state index contributed by atoms with van der Waals surface area (Å²) < 4.78 is 17.8. The number of ether oxygens (including phenoxy) is 1. The monoisotopic (exact) mass is 224 g/mol. The number of halogens is 1. The van der Waals surface area contributed by atoms with E-state index in [1.807, 2.05) is 0 Å². The number of rotatable bonds is 2. The van der Waals surface area contributed by atoms with Crippen LogP contribution in [-0.2, 0) is 4.74 Å². The second-order valence-electron chi connectivity index (χ2n) is 4.02. The summed E-state index contributed by atoms with van der Waals surface area (Å²) in [5.74, 6) is -0.796. The van der Waals surface area contributed by atoms with Gasteiger partial charge in [-0.1, -0.05) is 0 Å². The van der Waals surface area contributed by atoms with Crippen LogP contribution in [0.25, 0.3) is 0 Å². The molecule has 1 aliphatic rings. The van der Waals surface area contributed by atoms with Crippen LogP contribution >= 0.6 is 0 Å². The molecule has 2 rings (SSSR count). The maximum absolute atomic E-state index is 12.7. The Bertz CT molecular complexity index is 380. The van der Waals surface area contributed by atoms with Crippen LogP contribution in [0.4, 0.5) is 4.39 Å². The fourth-order valence-corrected chi connectivity index (χ4v) is 1.83. The Labute approximate surface area is 92.9 Å². The highest BCUT2D eigenvalue weighted by atomic mass is 19.1. The molecule has 0 aliphatic carbocycles. The van der Waals surface area contributed by atoms with E-state index in [4.69, 9.17) is 4.74 Å². The van der Waals surface area contributed by atoms with E-state index < -0.39 is 17.2 Å². The first-order valence-electron chi connectivity index (χ1n) is 5.22. The Morgan fingerprint density at radius 2 is 2.06 bits per heavy atom. The van der Waals surface area contributed by atoms with Gasteiger partial charge in [0.25, 0.3) is 0 Å². The van der Waals surface area contributed by atoms with Crippen molar-refractivity contribution in [3.8, 4) is 0 Å². The van der Waals surface area contributed by atoms with Gasteiger partial charge in [-0.2, -0.15) is 0 Å². The molecule has 1 atom stereocenters. The maximum atomic E-state index is 12.7. The molecule has 1 saturated heterocycles. The Kier molecular flexibility index (Phi) is 3.03.